The van der Waals surface area contributed by atoms with E-state index in [-0.39, 0.29) is 17.9 Å². The first-order valence-electron chi connectivity index (χ1n) is 8.86. The SMILES string of the molecule is Cc1cc(N2C[C@]34C=C[C@@H](O3)[C@H](C(=O)NCc3ccncc3)[C@@H]4C2=O)no1. The first kappa shape index (κ1) is 16.2. The molecular weight excluding hydrogens is 348 g/mol. The number of nitrogens with one attached hydrogen (secondary N) is 1. The van der Waals surface area contributed by atoms with Gasteiger partial charge in [-0.25, -0.2) is 0 Å². The number of carbonyl (C=O) groups is 2. The number of amides is 2. The maximum Gasteiger partial charge on any atom is 0.235 e. The predicted octanol–water partition coefficient (Wildman–Crippen LogP) is 0.981. The maximum absolute atomic E-state index is 13.1. The van der Waals surface area contributed by atoms with Crippen LogP contribution < -0.4 is 10.2 Å². The quantitative estimate of drug-likeness (QED) is 0.810. The van der Waals surface area contributed by atoms with Crippen molar-refractivity contribution < 1.29 is 18.8 Å². The highest BCUT2D eigenvalue weighted by Gasteiger charge is 2.67. The van der Waals surface area contributed by atoms with Crippen LogP contribution in [0.25, 0.3) is 0 Å². The Morgan fingerprint density at radius 1 is 1.41 bits per heavy atom. The number of aryl methyl sites for hydroxylation is 1. The Bertz CT molecular complexity index is 940. The van der Waals surface area contributed by atoms with Gasteiger partial charge in [0.1, 0.15) is 11.4 Å². The van der Waals surface area contributed by atoms with Gasteiger partial charge in [-0.1, -0.05) is 17.3 Å². The van der Waals surface area contributed by atoms with Crippen LogP contribution in [0.3, 0.4) is 0 Å². The van der Waals surface area contributed by atoms with Gasteiger partial charge >= 0.3 is 0 Å². The fraction of sp³-hybridized carbons (Fsp3) is 0.368. The zero-order chi connectivity index (χ0) is 18.6. The number of anilines is 1. The largest absolute Gasteiger partial charge is 0.360 e. The number of aromatic nitrogens is 2. The molecule has 138 valence electrons. The lowest BCUT2D eigenvalue weighted by molar-refractivity contribution is -0.132. The van der Waals surface area contributed by atoms with E-state index >= 15 is 0 Å². The van der Waals surface area contributed by atoms with E-state index in [1.807, 2.05) is 24.3 Å². The molecule has 8 nitrogen and oxygen atoms in total. The van der Waals surface area contributed by atoms with Crippen LogP contribution in [0, 0.1) is 18.8 Å². The molecule has 5 rings (SSSR count). The lowest BCUT2D eigenvalue weighted by Crippen LogP contribution is -2.44. The molecule has 8 heteroatoms. The highest BCUT2D eigenvalue weighted by Crippen LogP contribution is 2.52. The zero-order valence-electron chi connectivity index (χ0n) is 14.7. The lowest BCUT2D eigenvalue weighted by Gasteiger charge is -2.23. The summed E-state index contributed by atoms with van der Waals surface area (Å²) in [4.78, 5) is 31.5. The number of carbonyl (C=O) groups excluding carboxylic acids is 2. The van der Waals surface area contributed by atoms with Gasteiger partial charge in [0.25, 0.3) is 0 Å². The summed E-state index contributed by atoms with van der Waals surface area (Å²) in [6.45, 7) is 2.49. The van der Waals surface area contributed by atoms with Crippen LogP contribution >= 0.6 is 0 Å². The molecular formula is C19H18N4O4. The molecule has 27 heavy (non-hydrogen) atoms. The Morgan fingerprint density at radius 2 is 2.22 bits per heavy atom. The Kier molecular flexibility index (Phi) is 3.45. The van der Waals surface area contributed by atoms with Crippen molar-refractivity contribution in [2.75, 3.05) is 11.4 Å². The summed E-state index contributed by atoms with van der Waals surface area (Å²) in [5.74, 6) is -0.361. The molecule has 2 bridgehead atoms. The second kappa shape index (κ2) is 5.75. The summed E-state index contributed by atoms with van der Waals surface area (Å²) in [6, 6.07) is 5.40. The molecule has 2 amide bonds. The third-order valence-corrected chi connectivity index (χ3v) is 5.51. The third-order valence-electron chi connectivity index (χ3n) is 5.51. The van der Waals surface area contributed by atoms with Gasteiger partial charge in [0.05, 0.1) is 24.5 Å². The van der Waals surface area contributed by atoms with E-state index < -0.39 is 17.4 Å². The number of rotatable bonds is 4. The highest BCUT2D eigenvalue weighted by atomic mass is 16.5. The molecule has 3 aliphatic rings. The average molecular weight is 366 g/mol. The van der Waals surface area contributed by atoms with E-state index in [0.29, 0.717) is 24.7 Å². The molecule has 1 N–H and O–H groups in total. The van der Waals surface area contributed by atoms with Crippen LogP contribution in [0.5, 0.6) is 0 Å². The van der Waals surface area contributed by atoms with Crippen molar-refractivity contribution in [2.24, 2.45) is 11.8 Å². The topological polar surface area (TPSA) is 97.6 Å². The second-order valence-corrected chi connectivity index (χ2v) is 7.19. The lowest BCUT2D eigenvalue weighted by atomic mass is 9.77. The van der Waals surface area contributed by atoms with Crippen molar-refractivity contribution in [3.8, 4) is 0 Å². The number of pyridine rings is 1. The molecule has 0 aromatic carbocycles. The maximum atomic E-state index is 13.1. The predicted molar refractivity (Wildman–Crippen MR) is 93.4 cm³/mol. The van der Waals surface area contributed by atoms with Gasteiger partial charge in [0.2, 0.25) is 11.8 Å². The molecule has 4 atom stereocenters. The van der Waals surface area contributed by atoms with Gasteiger partial charge in [-0.05, 0) is 24.6 Å². The molecule has 3 aliphatic heterocycles. The summed E-state index contributed by atoms with van der Waals surface area (Å²) >= 11 is 0. The van der Waals surface area contributed by atoms with Crippen molar-refractivity contribution in [3.05, 3.63) is 54.1 Å². The molecule has 2 saturated heterocycles. The molecule has 0 radical (unpaired) electrons. The smallest absolute Gasteiger partial charge is 0.235 e. The van der Waals surface area contributed by atoms with E-state index in [4.69, 9.17) is 9.26 Å². The van der Waals surface area contributed by atoms with Crippen LogP contribution in [-0.2, 0) is 20.9 Å². The number of nitrogens with zero attached hydrogens (tertiary/aromatic N) is 3. The number of fused-ring (bicyclic) bond motifs is 1. The van der Waals surface area contributed by atoms with Crippen molar-refractivity contribution in [1.29, 1.82) is 0 Å². The van der Waals surface area contributed by atoms with Gasteiger partial charge in [-0.15, -0.1) is 0 Å². The minimum absolute atomic E-state index is 0.154. The molecule has 2 aromatic heterocycles. The molecule has 2 fully saturated rings. The van der Waals surface area contributed by atoms with Crippen LogP contribution in [0.1, 0.15) is 11.3 Å². The van der Waals surface area contributed by atoms with E-state index in [1.54, 1.807) is 30.3 Å². The van der Waals surface area contributed by atoms with E-state index in [9.17, 15) is 9.59 Å². The molecule has 2 aromatic rings. The first-order valence-corrected chi connectivity index (χ1v) is 8.86. The third kappa shape index (κ3) is 2.40. The van der Waals surface area contributed by atoms with Crippen molar-refractivity contribution in [2.45, 2.75) is 25.2 Å². The monoisotopic (exact) mass is 366 g/mol. The normalized spacial score (nSPS) is 30.8. The minimum atomic E-state index is -0.771. The van der Waals surface area contributed by atoms with Gasteiger partial charge in [0.15, 0.2) is 5.82 Å². The molecule has 0 unspecified atom stereocenters. The highest BCUT2D eigenvalue weighted by molar-refractivity contribution is 6.02. The van der Waals surface area contributed by atoms with E-state index in [1.165, 1.54) is 0 Å². The van der Waals surface area contributed by atoms with Crippen LogP contribution in [0.4, 0.5) is 5.82 Å². The van der Waals surface area contributed by atoms with Crippen molar-refractivity contribution in [3.63, 3.8) is 0 Å². The summed E-state index contributed by atoms with van der Waals surface area (Å²) in [7, 11) is 0. The number of hydrogen-bond acceptors (Lipinski definition) is 6. The summed E-state index contributed by atoms with van der Waals surface area (Å²) in [5.41, 5.74) is 0.179. The minimum Gasteiger partial charge on any atom is -0.360 e. The molecule has 0 saturated carbocycles. The van der Waals surface area contributed by atoms with Gasteiger partial charge in [-0.2, -0.15) is 0 Å². The summed E-state index contributed by atoms with van der Waals surface area (Å²) in [5, 5.41) is 6.87. The van der Waals surface area contributed by atoms with Gasteiger partial charge in [-0.3, -0.25) is 19.5 Å². The van der Waals surface area contributed by atoms with Crippen molar-refractivity contribution >= 4 is 17.6 Å². The van der Waals surface area contributed by atoms with Crippen molar-refractivity contribution in [1.82, 2.24) is 15.5 Å². The Balaban J connectivity index is 1.38. The fourth-order valence-electron chi connectivity index (χ4n) is 4.28. The number of hydrogen-bond donors (Lipinski definition) is 1. The van der Waals surface area contributed by atoms with Gasteiger partial charge < -0.3 is 14.6 Å². The molecule has 5 heterocycles. The molecule has 0 aliphatic carbocycles. The standard InChI is InChI=1S/C19H18N4O4/c1-11-8-14(22-27-11)23-10-19-5-2-13(26-19)15(16(19)18(23)25)17(24)21-9-12-3-6-20-7-4-12/h2-8,13,15-16H,9-10H2,1H3,(H,21,24)/t13-,15+,16-,19+/m1/s1. The molecule has 1 spiro atoms. The summed E-state index contributed by atoms with van der Waals surface area (Å²) < 4.78 is 11.2. The Labute approximate surface area is 155 Å². The second-order valence-electron chi connectivity index (χ2n) is 7.19. The summed E-state index contributed by atoms with van der Waals surface area (Å²) in [6.07, 6.45) is 6.78. The number of ether oxygens (including phenoxy) is 1. The fourth-order valence-corrected chi connectivity index (χ4v) is 4.28. The van der Waals surface area contributed by atoms with E-state index in [0.717, 1.165) is 5.56 Å². The van der Waals surface area contributed by atoms with Crippen LogP contribution in [-0.4, -0.2) is 40.2 Å². The van der Waals surface area contributed by atoms with E-state index in [2.05, 4.69) is 15.5 Å². The van der Waals surface area contributed by atoms with Gasteiger partial charge in [0, 0.05) is 25.0 Å². The Morgan fingerprint density at radius 3 is 2.96 bits per heavy atom. The van der Waals surface area contributed by atoms with Crippen LogP contribution in [0.15, 0.2) is 47.3 Å². The first-order chi connectivity index (χ1) is 13.1. The average Bonchev–Trinajstić information content (AvgIpc) is 3.42. The van der Waals surface area contributed by atoms with Crippen LogP contribution in [0.2, 0.25) is 0 Å². The Hall–Kier alpha value is -3.00. The zero-order valence-corrected chi connectivity index (χ0v) is 14.7.